The highest BCUT2D eigenvalue weighted by Crippen LogP contribution is 2.32. The molecule has 1 aliphatic rings. The van der Waals surface area contributed by atoms with E-state index < -0.39 is 0 Å². The minimum atomic E-state index is 0.0302. The monoisotopic (exact) mass is 474 g/mol. The van der Waals surface area contributed by atoms with Gasteiger partial charge in [-0.15, -0.1) is 0 Å². The van der Waals surface area contributed by atoms with Crippen LogP contribution in [0.3, 0.4) is 0 Å². The first-order chi connectivity index (χ1) is 16.0. The number of Topliss-reactive ketones (excluding diaryl/α,β-unsaturated/α-hetero) is 1. The Hall–Kier alpha value is -3.27. The van der Waals surface area contributed by atoms with E-state index in [2.05, 4.69) is 0 Å². The van der Waals surface area contributed by atoms with Crippen molar-refractivity contribution in [3.05, 3.63) is 106 Å². The Morgan fingerprint density at radius 2 is 1.15 bits per heavy atom. The number of rotatable bonds is 4. The predicted octanol–water partition coefficient (Wildman–Crippen LogP) is 8.73. The number of ketones is 1. The molecule has 0 N–H and O–H groups in total. The maximum atomic E-state index is 13.1. The highest BCUT2D eigenvalue weighted by atomic mass is 35.5. The van der Waals surface area contributed by atoms with Crippen molar-refractivity contribution in [3.63, 3.8) is 0 Å². The molecule has 2 aromatic heterocycles. The Kier molecular flexibility index (Phi) is 6.08. The largest absolute Gasteiger partial charge is 0.457 e. The maximum Gasteiger partial charge on any atom is 0.185 e. The number of allylic oxidation sites excluding steroid dienone is 2. The van der Waals surface area contributed by atoms with Crippen molar-refractivity contribution in [3.8, 4) is 22.6 Å². The molecular formula is C28H20Cl2O3. The third-order valence-corrected chi connectivity index (χ3v) is 6.05. The van der Waals surface area contributed by atoms with Crippen molar-refractivity contribution in [2.24, 2.45) is 0 Å². The summed E-state index contributed by atoms with van der Waals surface area (Å²) < 4.78 is 11.9. The van der Waals surface area contributed by atoms with E-state index in [0.29, 0.717) is 33.1 Å². The van der Waals surface area contributed by atoms with E-state index >= 15 is 0 Å². The summed E-state index contributed by atoms with van der Waals surface area (Å²) in [5, 5.41) is 1.30. The van der Waals surface area contributed by atoms with Crippen molar-refractivity contribution >= 4 is 41.1 Å². The van der Waals surface area contributed by atoms with E-state index in [4.69, 9.17) is 32.0 Å². The Bertz CT molecular complexity index is 1280. The van der Waals surface area contributed by atoms with Crippen LogP contribution in [-0.2, 0) is 4.79 Å². The van der Waals surface area contributed by atoms with Crippen molar-refractivity contribution in [1.82, 2.24) is 0 Å². The minimum absolute atomic E-state index is 0.0302. The highest BCUT2D eigenvalue weighted by Gasteiger charge is 2.21. The second-order valence-electron chi connectivity index (χ2n) is 7.95. The van der Waals surface area contributed by atoms with Crippen molar-refractivity contribution in [2.45, 2.75) is 19.3 Å². The lowest BCUT2D eigenvalue weighted by atomic mass is 9.88. The Labute approximate surface area is 201 Å². The first kappa shape index (κ1) is 21.6. The van der Waals surface area contributed by atoms with Crippen LogP contribution in [0.2, 0.25) is 10.0 Å². The van der Waals surface area contributed by atoms with Crippen LogP contribution in [0.4, 0.5) is 0 Å². The number of benzene rings is 2. The quantitative estimate of drug-likeness (QED) is 0.277. The van der Waals surface area contributed by atoms with Crippen molar-refractivity contribution in [1.29, 1.82) is 0 Å². The molecule has 2 heterocycles. The molecule has 5 heteroatoms. The summed E-state index contributed by atoms with van der Waals surface area (Å²) in [4.78, 5) is 13.1. The molecular weight excluding hydrogens is 455 g/mol. The van der Waals surface area contributed by atoms with E-state index in [9.17, 15) is 4.79 Å². The van der Waals surface area contributed by atoms with Crippen LogP contribution in [0.5, 0.6) is 0 Å². The minimum Gasteiger partial charge on any atom is -0.457 e. The molecule has 1 aliphatic carbocycles. The smallest absolute Gasteiger partial charge is 0.185 e. The Balaban J connectivity index is 1.37. The molecule has 3 nitrogen and oxygen atoms in total. The van der Waals surface area contributed by atoms with Crippen LogP contribution >= 0.6 is 23.2 Å². The molecule has 5 rings (SSSR count). The number of furan rings is 2. The van der Waals surface area contributed by atoms with E-state index in [1.54, 1.807) is 0 Å². The lowest BCUT2D eigenvalue weighted by Crippen LogP contribution is -2.12. The van der Waals surface area contributed by atoms with Crippen LogP contribution in [-0.4, -0.2) is 5.78 Å². The molecule has 4 aromatic rings. The number of halogens is 2. The SMILES string of the molecule is O=C1/C(=C/c2ccc(-c3cccc(Cl)c3)o2)CCC/C1=C\c1ccc(-c2cccc(Cl)c2)o1. The molecule has 0 amide bonds. The van der Waals surface area contributed by atoms with Gasteiger partial charge in [-0.3, -0.25) is 4.79 Å². The van der Waals surface area contributed by atoms with Gasteiger partial charge in [-0.1, -0.05) is 47.5 Å². The van der Waals surface area contributed by atoms with Gasteiger partial charge in [-0.2, -0.15) is 0 Å². The second-order valence-corrected chi connectivity index (χ2v) is 8.82. The molecule has 0 aliphatic heterocycles. The number of carbonyl (C=O) groups excluding carboxylic acids is 1. The van der Waals surface area contributed by atoms with Crippen LogP contribution in [0.1, 0.15) is 30.8 Å². The Morgan fingerprint density at radius 3 is 1.61 bits per heavy atom. The highest BCUT2D eigenvalue weighted by molar-refractivity contribution is 6.31. The molecule has 0 unspecified atom stereocenters. The van der Waals surface area contributed by atoms with Crippen LogP contribution in [0.15, 0.2) is 92.8 Å². The summed E-state index contributed by atoms with van der Waals surface area (Å²) in [5.41, 5.74) is 3.27. The van der Waals surface area contributed by atoms with Gasteiger partial charge >= 0.3 is 0 Å². The number of hydrogen-bond donors (Lipinski definition) is 0. The number of carbonyl (C=O) groups is 1. The average Bonchev–Trinajstić information content (AvgIpc) is 3.46. The number of hydrogen-bond acceptors (Lipinski definition) is 3. The fourth-order valence-corrected chi connectivity index (χ4v) is 4.36. The molecule has 0 bridgehead atoms. The maximum absolute atomic E-state index is 13.1. The lowest BCUT2D eigenvalue weighted by Gasteiger charge is -2.15. The molecule has 2 aromatic carbocycles. The molecule has 164 valence electrons. The standard InChI is InChI=1S/C28H20Cl2O3/c29-22-8-2-4-18(14-22)26-12-10-24(32-26)16-20-6-1-7-21(28(20)31)17-25-11-13-27(33-25)19-5-3-9-23(30)15-19/h2-5,8-17H,1,6-7H2/b20-16+,21-17+. The van der Waals surface area contributed by atoms with E-state index in [-0.39, 0.29) is 5.78 Å². The van der Waals surface area contributed by atoms with Crippen LogP contribution in [0, 0.1) is 0 Å². The average molecular weight is 475 g/mol. The van der Waals surface area contributed by atoms with Gasteiger partial charge in [0.25, 0.3) is 0 Å². The molecule has 0 saturated heterocycles. The van der Waals surface area contributed by atoms with Crippen LogP contribution < -0.4 is 0 Å². The van der Waals surface area contributed by atoms with Gasteiger partial charge in [0.15, 0.2) is 5.78 Å². The van der Waals surface area contributed by atoms with Gasteiger partial charge < -0.3 is 8.83 Å². The third kappa shape index (κ3) is 4.90. The Morgan fingerprint density at radius 1 is 0.667 bits per heavy atom. The molecule has 0 radical (unpaired) electrons. The van der Waals surface area contributed by atoms with E-state index in [1.165, 1.54) is 0 Å². The van der Waals surface area contributed by atoms with Gasteiger partial charge in [0, 0.05) is 32.3 Å². The molecule has 33 heavy (non-hydrogen) atoms. The lowest BCUT2D eigenvalue weighted by molar-refractivity contribution is -0.112. The van der Waals surface area contributed by atoms with Gasteiger partial charge in [0.1, 0.15) is 23.0 Å². The summed E-state index contributed by atoms with van der Waals surface area (Å²) in [6.07, 6.45) is 6.00. The molecule has 1 fully saturated rings. The zero-order chi connectivity index (χ0) is 22.8. The summed E-state index contributed by atoms with van der Waals surface area (Å²) >= 11 is 12.2. The summed E-state index contributed by atoms with van der Waals surface area (Å²) in [6.45, 7) is 0. The fraction of sp³-hybridized carbons (Fsp3) is 0.107. The summed E-state index contributed by atoms with van der Waals surface area (Å²) in [5.74, 6) is 2.76. The first-order valence-corrected chi connectivity index (χ1v) is 11.5. The van der Waals surface area contributed by atoms with Crippen molar-refractivity contribution < 1.29 is 13.6 Å². The summed E-state index contributed by atoms with van der Waals surface area (Å²) in [6, 6.07) is 22.5. The zero-order valence-corrected chi connectivity index (χ0v) is 19.2. The molecule has 1 saturated carbocycles. The predicted molar refractivity (Wildman–Crippen MR) is 133 cm³/mol. The summed E-state index contributed by atoms with van der Waals surface area (Å²) in [7, 11) is 0. The normalized spacial score (nSPS) is 16.6. The first-order valence-electron chi connectivity index (χ1n) is 10.7. The second kappa shape index (κ2) is 9.30. The zero-order valence-electron chi connectivity index (χ0n) is 17.7. The van der Waals surface area contributed by atoms with Gasteiger partial charge in [0.05, 0.1) is 0 Å². The van der Waals surface area contributed by atoms with Crippen molar-refractivity contribution in [2.75, 3.05) is 0 Å². The van der Waals surface area contributed by atoms with Gasteiger partial charge in [-0.05, 0) is 79.9 Å². The molecule has 0 spiro atoms. The molecule has 0 atom stereocenters. The van der Waals surface area contributed by atoms with Gasteiger partial charge in [0.2, 0.25) is 0 Å². The van der Waals surface area contributed by atoms with Gasteiger partial charge in [-0.25, -0.2) is 0 Å². The van der Waals surface area contributed by atoms with E-state index in [1.807, 2.05) is 84.9 Å². The fourth-order valence-electron chi connectivity index (χ4n) is 3.98. The topological polar surface area (TPSA) is 43.4 Å². The van der Waals surface area contributed by atoms with Crippen LogP contribution in [0.25, 0.3) is 34.8 Å². The third-order valence-electron chi connectivity index (χ3n) is 5.58. The van der Waals surface area contributed by atoms with E-state index in [0.717, 1.165) is 41.5 Å².